The second-order valence-electron chi connectivity index (χ2n) is 5.95. The van der Waals surface area contributed by atoms with E-state index in [0.29, 0.717) is 23.7 Å². The van der Waals surface area contributed by atoms with Gasteiger partial charge in [0.15, 0.2) is 0 Å². The number of nitrogens with one attached hydrogen (secondary N) is 2. The van der Waals surface area contributed by atoms with E-state index < -0.39 is 11.7 Å². The number of amides is 1. The molecule has 0 aliphatic carbocycles. The minimum Gasteiger partial charge on any atom is -0.508 e. The lowest BCUT2D eigenvalue weighted by molar-refractivity contribution is 0.0508. The molecule has 118 valence electrons. The Bertz CT molecular complexity index is 486. The summed E-state index contributed by atoms with van der Waals surface area (Å²) in [6.07, 6.45) is -0.442. The van der Waals surface area contributed by atoms with Gasteiger partial charge >= 0.3 is 6.09 Å². The number of alkyl carbamates (subject to hydrolysis) is 1. The Morgan fingerprint density at radius 1 is 1.43 bits per heavy atom. The molecular weight excluding hydrogens is 292 g/mol. The summed E-state index contributed by atoms with van der Waals surface area (Å²) in [6.45, 7) is 8.33. The minimum absolute atomic E-state index is 0.0961. The topological polar surface area (TPSA) is 70.6 Å². The van der Waals surface area contributed by atoms with Crippen LogP contribution in [0.15, 0.2) is 18.2 Å². The standard InChI is InChI=1S/C15H23ClN2O3/c1-10(18-14(20)21-15(2,3)4)8-17-9-11-7-12(16)5-6-13(11)19/h5-7,10,17,19H,8-9H2,1-4H3,(H,18,20). The quantitative estimate of drug-likeness (QED) is 0.781. The van der Waals surface area contributed by atoms with E-state index in [0.717, 1.165) is 0 Å². The summed E-state index contributed by atoms with van der Waals surface area (Å²) in [5, 5.41) is 16.1. The van der Waals surface area contributed by atoms with Crippen LogP contribution >= 0.6 is 11.6 Å². The number of ether oxygens (including phenoxy) is 1. The first-order chi connectivity index (χ1) is 9.67. The van der Waals surface area contributed by atoms with Gasteiger partial charge in [0.05, 0.1) is 0 Å². The van der Waals surface area contributed by atoms with Gasteiger partial charge in [0.2, 0.25) is 0 Å². The van der Waals surface area contributed by atoms with Gasteiger partial charge in [-0.05, 0) is 45.9 Å². The van der Waals surface area contributed by atoms with Crippen LogP contribution in [-0.4, -0.2) is 29.4 Å². The number of aromatic hydroxyl groups is 1. The molecule has 1 amide bonds. The van der Waals surface area contributed by atoms with E-state index in [2.05, 4.69) is 10.6 Å². The Kier molecular flexibility index (Phi) is 6.30. The fourth-order valence-electron chi connectivity index (χ4n) is 1.68. The number of hydrogen-bond acceptors (Lipinski definition) is 4. The Labute approximate surface area is 130 Å². The van der Waals surface area contributed by atoms with E-state index in [1.807, 2.05) is 27.7 Å². The highest BCUT2D eigenvalue weighted by atomic mass is 35.5. The van der Waals surface area contributed by atoms with Gasteiger partial charge in [0, 0.05) is 29.7 Å². The molecule has 21 heavy (non-hydrogen) atoms. The maximum Gasteiger partial charge on any atom is 0.407 e. The van der Waals surface area contributed by atoms with Crippen molar-refractivity contribution in [3.05, 3.63) is 28.8 Å². The number of rotatable bonds is 5. The van der Waals surface area contributed by atoms with E-state index >= 15 is 0 Å². The van der Waals surface area contributed by atoms with Crippen LogP contribution in [0.4, 0.5) is 4.79 Å². The molecule has 1 aromatic rings. The van der Waals surface area contributed by atoms with E-state index in [1.165, 1.54) is 0 Å². The first kappa shape index (κ1) is 17.6. The minimum atomic E-state index is -0.510. The molecule has 6 heteroatoms. The number of phenols is 1. The van der Waals surface area contributed by atoms with E-state index in [-0.39, 0.29) is 11.8 Å². The van der Waals surface area contributed by atoms with Crippen molar-refractivity contribution in [1.82, 2.24) is 10.6 Å². The maximum atomic E-state index is 11.6. The Morgan fingerprint density at radius 3 is 2.71 bits per heavy atom. The van der Waals surface area contributed by atoms with Crippen molar-refractivity contribution >= 4 is 17.7 Å². The summed E-state index contributed by atoms with van der Waals surface area (Å²) >= 11 is 5.88. The zero-order chi connectivity index (χ0) is 16.0. The van der Waals surface area contributed by atoms with Crippen LogP contribution in [0.3, 0.4) is 0 Å². The normalized spacial score (nSPS) is 12.8. The molecular formula is C15H23ClN2O3. The van der Waals surface area contributed by atoms with Crippen molar-refractivity contribution in [2.45, 2.75) is 45.9 Å². The monoisotopic (exact) mass is 314 g/mol. The zero-order valence-corrected chi connectivity index (χ0v) is 13.6. The molecule has 0 aliphatic rings. The molecule has 1 unspecified atom stereocenters. The second-order valence-corrected chi connectivity index (χ2v) is 6.39. The first-order valence-corrected chi connectivity index (χ1v) is 7.23. The lowest BCUT2D eigenvalue weighted by atomic mass is 10.2. The Morgan fingerprint density at radius 2 is 2.10 bits per heavy atom. The fraction of sp³-hybridized carbons (Fsp3) is 0.533. The van der Waals surface area contributed by atoms with Crippen molar-refractivity contribution in [3.8, 4) is 5.75 Å². The molecule has 0 radical (unpaired) electrons. The summed E-state index contributed by atoms with van der Waals surface area (Å²) in [4.78, 5) is 11.6. The van der Waals surface area contributed by atoms with E-state index in [9.17, 15) is 9.90 Å². The number of phenolic OH excluding ortho intramolecular Hbond substituents is 1. The molecule has 0 heterocycles. The fourth-order valence-corrected chi connectivity index (χ4v) is 1.87. The predicted octanol–water partition coefficient (Wildman–Crippen LogP) is 3.05. The van der Waals surface area contributed by atoms with Crippen LogP contribution in [0.5, 0.6) is 5.75 Å². The largest absolute Gasteiger partial charge is 0.508 e. The lowest BCUT2D eigenvalue weighted by Crippen LogP contribution is -2.42. The van der Waals surface area contributed by atoms with Crippen LogP contribution in [-0.2, 0) is 11.3 Å². The highest BCUT2D eigenvalue weighted by Gasteiger charge is 2.17. The second kappa shape index (κ2) is 7.52. The van der Waals surface area contributed by atoms with Crippen LogP contribution < -0.4 is 10.6 Å². The summed E-state index contributed by atoms with van der Waals surface area (Å²) in [6, 6.07) is 4.80. The van der Waals surface area contributed by atoms with Crippen molar-refractivity contribution < 1.29 is 14.6 Å². The summed E-state index contributed by atoms with van der Waals surface area (Å²) in [7, 11) is 0. The first-order valence-electron chi connectivity index (χ1n) is 6.85. The zero-order valence-electron chi connectivity index (χ0n) is 12.9. The summed E-state index contributed by atoms with van der Waals surface area (Å²) in [5.41, 5.74) is 0.205. The molecule has 5 nitrogen and oxygen atoms in total. The molecule has 0 fully saturated rings. The maximum absolute atomic E-state index is 11.6. The summed E-state index contributed by atoms with van der Waals surface area (Å²) in [5.74, 6) is 0.194. The van der Waals surface area contributed by atoms with Crippen LogP contribution in [0.25, 0.3) is 0 Å². The smallest absolute Gasteiger partial charge is 0.407 e. The van der Waals surface area contributed by atoms with Crippen molar-refractivity contribution in [2.75, 3.05) is 6.54 Å². The molecule has 1 aromatic carbocycles. The molecule has 0 aromatic heterocycles. The van der Waals surface area contributed by atoms with Crippen molar-refractivity contribution in [1.29, 1.82) is 0 Å². The molecule has 3 N–H and O–H groups in total. The van der Waals surface area contributed by atoms with Crippen molar-refractivity contribution in [3.63, 3.8) is 0 Å². The predicted molar refractivity (Wildman–Crippen MR) is 83.7 cm³/mol. The van der Waals surface area contributed by atoms with Crippen LogP contribution in [0, 0.1) is 0 Å². The van der Waals surface area contributed by atoms with Crippen LogP contribution in [0.1, 0.15) is 33.3 Å². The SMILES string of the molecule is CC(CNCc1cc(Cl)ccc1O)NC(=O)OC(C)(C)C. The third kappa shape index (κ3) is 7.20. The number of carbonyl (C=O) groups is 1. The highest BCUT2D eigenvalue weighted by molar-refractivity contribution is 6.30. The van der Waals surface area contributed by atoms with E-state index in [4.69, 9.17) is 16.3 Å². The number of hydrogen-bond donors (Lipinski definition) is 3. The molecule has 0 spiro atoms. The molecule has 0 saturated carbocycles. The average Bonchev–Trinajstić information content (AvgIpc) is 2.31. The van der Waals surface area contributed by atoms with Crippen LogP contribution in [0.2, 0.25) is 5.02 Å². The van der Waals surface area contributed by atoms with Gasteiger partial charge in [0.1, 0.15) is 11.4 Å². The summed E-state index contributed by atoms with van der Waals surface area (Å²) < 4.78 is 5.17. The number of carbonyl (C=O) groups excluding carboxylic acids is 1. The number of halogens is 1. The van der Waals surface area contributed by atoms with Gasteiger partial charge < -0.3 is 20.5 Å². The third-order valence-electron chi connectivity index (χ3n) is 2.57. The van der Waals surface area contributed by atoms with Gasteiger partial charge in [-0.1, -0.05) is 11.6 Å². The van der Waals surface area contributed by atoms with Gasteiger partial charge in [-0.2, -0.15) is 0 Å². The van der Waals surface area contributed by atoms with E-state index in [1.54, 1.807) is 18.2 Å². The molecule has 0 aliphatic heterocycles. The Balaban J connectivity index is 2.35. The third-order valence-corrected chi connectivity index (χ3v) is 2.81. The van der Waals surface area contributed by atoms with Crippen molar-refractivity contribution in [2.24, 2.45) is 0 Å². The number of benzene rings is 1. The Hall–Kier alpha value is -1.46. The molecule has 0 saturated heterocycles. The highest BCUT2D eigenvalue weighted by Crippen LogP contribution is 2.21. The van der Waals surface area contributed by atoms with Gasteiger partial charge in [-0.15, -0.1) is 0 Å². The lowest BCUT2D eigenvalue weighted by Gasteiger charge is -2.22. The van der Waals surface area contributed by atoms with Gasteiger partial charge in [-0.25, -0.2) is 4.79 Å². The molecule has 1 rings (SSSR count). The molecule has 1 atom stereocenters. The molecule has 0 bridgehead atoms. The van der Waals surface area contributed by atoms with Gasteiger partial charge in [0.25, 0.3) is 0 Å². The van der Waals surface area contributed by atoms with Gasteiger partial charge in [-0.3, -0.25) is 0 Å². The average molecular weight is 315 g/mol.